The maximum atomic E-state index is 14.1. The molecule has 2 aromatic rings. The maximum Gasteiger partial charge on any atom is 0.416 e. The number of hydrogen-bond acceptors (Lipinski definition) is 3. The van der Waals surface area contributed by atoms with Gasteiger partial charge in [0.15, 0.2) is 0 Å². The lowest BCUT2D eigenvalue weighted by molar-refractivity contribution is -0.137. The van der Waals surface area contributed by atoms with E-state index < -0.39 is 35.4 Å². The van der Waals surface area contributed by atoms with Crippen molar-refractivity contribution in [3.8, 4) is 0 Å². The van der Waals surface area contributed by atoms with Crippen LogP contribution in [0.25, 0.3) is 5.57 Å². The smallest absolute Gasteiger partial charge is 0.331 e. The van der Waals surface area contributed by atoms with Gasteiger partial charge >= 0.3 is 6.18 Å². The van der Waals surface area contributed by atoms with Crippen LogP contribution in [0.5, 0.6) is 0 Å². The van der Waals surface area contributed by atoms with Crippen molar-refractivity contribution >= 4 is 22.9 Å². The summed E-state index contributed by atoms with van der Waals surface area (Å²) in [6, 6.07) is 7.16. The van der Waals surface area contributed by atoms with Gasteiger partial charge in [0, 0.05) is 22.9 Å². The average Bonchev–Trinajstić information content (AvgIpc) is 2.65. The predicted molar refractivity (Wildman–Crippen MR) is 102 cm³/mol. The fraction of sp³-hybridized carbons (Fsp3) is 0.190. The van der Waals surface area contributed by atoms with E-state index in [4.69, 9.17) is 5.41 Å². The normalized spacial score (nSPS) is 17.4. The van der Waals surface area contributed by atoms with Crippen LogP contribution >= 0.6 is 0 Å². The van der Waals surface area contributed by atoms with Gasteiger partial charge in [-0.1, -0.05) is 12.1 Å². The minimum atomic E-state index is -4.49. The molecule has 1 unspecified atom stereocenters. The van der Waals surface area contributed by atoms with Crippen LogP contribution in [-0.2, 0) is 11.0 Å². The molecule has 1 amide bonds. The molecule has 0 saturated carbocycles. The summed E-state index contributed by atoms with van der Waals surface area (Å²) in [6.07, 6.45) is -4.27. The van der Waals surface area contributed by atoms with E-state index >= 15 is 0 Å². The predicted octanol–water partition coefficient (Wildman–Crippen LogP) is 4.74. The lowest BCUT2D eigenvalue weighted by atomic mass is 9.98. The van der Waals surface area contributed by atoms with Crippen LogP contribution in [-0.4, -0.2) is 23.5 Å². The molecule has 1 heterocycles. The Bertz CT molecular complexity index is 1060. The number of halogens is 5. The molecular formula is C21H16F5N3O. The van der Waals surface area contributed by atoms with Crippen molar-refractivity contribution in [3.05, 3.63) is 76.9 Å². The lowest BCUT2D eigenvalue weighted by Gasteiger charge is -2.21. The highest BCUT2D eigenvalue weighted by Gasteiger charge is 2.30. The molecule has 0 aliphatic carbocycles. The van der Waals surface area contributed by atoms with Crippen LogP contribution in [0, 0.1) is 17.0 Å². The molecule has 0 bridgehead atoms. The van der Waals surface area contributed by atoms with Crippen LogP contribution in [0.4, 0.5) is 22.0 Å². The second kappa shape index (κ2) is 8.17. The Morgan fingerprint density at radius 2 is 1.83 bits per heavy atom. The molecule has 0 radical (unpaired) electrons. The van der Waals surface area contributed by atoms with Gasteiger partial charge in [-0.05, 0) is 42.8 Å². The standard InChI is InChI=1S/C21H16F5N3O/c1-11(27)16(12-2-4-13(5-3-12)21(24,25)26)9-19-28-18(10-20(30)29-19)15-7-6-14(22)8-17(15)23/h2-9,19,27H,10H2,1H3,(H,29,30)/b16-9+,27-11?. The van der Waals surface area contributed by atoms with Crippen LogP contribution < -0.4 is 5.32 Å². The highest BCUT2D eigenvalue weighted by atomic mass is 19.4. The number of nitrogens with one attached hydrogen (secondary N) is 2. The summed E-state index contributed by atoms with van der Waals surface area (Å²) < 4.78 is 65.6. The molecule has 0 spiro atoms. The van der Waals surface area contributed by atoms with E-state index in [9.17, 15) is 26.7 Å². The monoisotopic (exact) mass is 421 g/mol. The number of carbonyl (C=O) groups excluding carboxylic acids is 1. The number of amides is 1. The molecule has 156 valence electrons. The van der Waals surface area contributed by atoms with Crippen molar-refractivity contribution in [1.82, 2.24) is 5.32 Å². The van der Waals surface area contributed by atoms with Crippen molar-refractivity contribution in [2.75, 3.05) is 0 Å². The van der Waals surface area contributed by atoms with Gasteiger partial charge in [-0.3, -0.25) is 9.79 Å². The summed E-state index contributed by atoms with van der Waals surface area (Å²) in [6.45, 7) is 1.44. The highest BCUT2D eigenvalue weighted by molar-refractivity contribution is 6.21. The molecule has 3 rings (SSSR count). The SMILES string of the molecule is CC(=N)/C(=C\C1N=C(c2ccc(F)cc2F)CC(=O)N1)c1ccc(C(F)(F)F)cc1. The highest BCUT2D eigenvalue weighted by Crippen LogP contribution is 2.30. The van der Waals surface area contributed by atoms with E-state index in [1.165, 1.54) is 31.2 Å². The third-order valence-electron chi connectivity index (χ3n) is 4.43. The topological polar surface area (TPSA) is 65.3 Å². The zero-order valence-electron chi connectivity index (χ0n) is 15.6. The summed E-state index contributed by atoms with van der Waals surface area (Å²) in [7, 11) is 0. The van der Waals surface area contributed by atoms with E-state index in [1.807, 2.05) is 0 Å². The number of aliphatic imine (C=N–C) groups is 1. The molecule has 1 aliphatic heterocycles. The number of rotatable bonds is 4. The molecule has 0 fully saturated rings. The fourth-order valence-corrected chi connectivity index (χ4v) is 3.02. The van der Waals surface area contributed by atoms with Gasteiger partial charge in [0.1, 0.15) is 17.8 Å². The van der Waals surface area contributed by atoms with E-state index in [-0.39, 0.29) is 29.0 Å². The van der Waals surface area contributed by atoms with Gasteiger partial charge in [0.2, 0.25) is 5.91 Å². The maximum absolute atomic E-state index is 14.1. The fourth-order valence-electron chi connectivity index (χ4n) is 3.02. The first kappa shape index (κ1) is 21.4. The molecule has 0 saturated heterocycles. The van der Waals surface area contributed by atoms with E-state index in [0.717, 1.165) is 18.2 Å². The lowest BCUT2D eigenvalue weighted by Crippen LogP contribution is -2.39. The van der Waals surface area contributed by atoms with Crippen LogP contribution in [0.1, 0.15) is 30.0 Å². The van der Waals surface area contributed by atoms with Crippen molar-refractivity contribution in [3.63, 3.8) is 0 Å². The molecule has 1 atom stereocenters. The number of allylic oxidation sites excluding steroid dienone is 1. The van der Waals surface area contributed by atoms with Gasteiger partial charge in [0.05, 0.1) is 17.7 Å². The van der Waals surface area contributed by atoms with Gasteiger partial charge in [-0.2, -0.15) is 13.2 Å². The molecule has 1 aliphatic rings. The quantitative estimate of drug-likeness (QED) is 0.544. The summed E-state index contributed by atoms with van der Waals surface area (Å²) in [4.78, 5) is 16.3. The second-order valence-electron chi connectivity index (χ2n) is 6.67. The summed E-state index contributed by atoms with van der Waals surface area (Å²) in [5.74, 6) is -2.09. The summed E-state index contributed by atoms with van der Waals surface area (Å²) in [5.41, 5.74) is -0.108. The van der Waals surface area contributed by atoms with Crippen molar-refractivity contribution in [2.45, 2.75) is 25.7 Å². The Kier molecular flexibility index (Phi) is 5.82. The molecular weight excluding hydrogens is 405 g/mol. The Balaban J connectivity index is 1.98. The van der Waals surface area contributed by atoms with Crippen LogP contribution in [0.3, 0.4) is 0 Å². The first-order chi connectivity index (χ1) is 14.0. The third-order valence-corrected chi connectivity index (χ3v) is 4.43. The second-order valence-corrected chi connectivity index (χ2v) is 6.67. The Labute approximate surface area is 168 Å². The van der Waals surface area contributed by atoms with Gasteiger partial charge in [0.25, 0.3) is 0 Å². The molecule has 4 nitrogen and oxygen atoms in total. The summed E-state index contributed by atoms with van der Waals surface area (Å²) in [5, 5.41) is 10.5. The third kappa shape index (κ3) is 4.79. The Hall–Kier alpha value is -3.36. The number of benzene rings is 2. The number of nitrogens with zero attached hydrogens (tertiary/aromatic N) is 1. The van der Waals surface area contributed by atoms with E-state index in [2.05, 4.69) is 10.3 Å². The Morgan fingerprint density at radius 3 is 2.40 bits per heavy atom. The Morgan fingerprint density at radius 1 is 1.17 bits per heavy atom. The zero-order chi connectivity index (χ0) is 22.1. The van der Waals surface area contributed by atoms with Crippen molar-refractivity contribution in [2.24, 2.45) is 4.99 Å². The van der Waals surface area contributed by atoms with Crippen LogP contribution in [0.2, 0.25) is 0 Å². The zero-order valence-corrected chi connectivity index (χ0v) is 15.6. The molecule has 9 heteroatoms. The van der Waals surface area contributed by atoms with E-state index in [1.54, 1.807) is 0 Å². The van der Waals surface area contributed by atoms with Crippen molar-refractivity contribution < 1.29 is 26.7 Å². The van der Waals surface area contributed by atoms with Gasteiger partial charge in [-0.15, -0.1) is 0 Å². The number of carbonyl (C=O) groups is 1. The van der Waals surface area contributed by atoms with Gasteiger partial charge in [-0.25, -0.2) is 8.78 Å². The van der Waals surface area contributed by atoms with Crippen LogP contribution in [0.15, 0.2) is 53.5 Å². The molecule has 2 aromatic carbocycles. The van der Waals surface area contributed by atoms with E-state index in [0.29, 0.717) is 11.6 Å². The number of alkyl halides is 3. The molecule has 30 heavy (non-hydrogen) atoms. The average molecular weight is 421 g/mol. The first-order valence-electron chi connectivity index (χ1n) is 8.81. The first-order valence-corrected chi connectivity index (χ1v) is 8.81. The summed E-state index contributed by atoms with van der Waals surface area (Å²) >= 11 is 0. The molecule has 0 aromatic heterocycles. The minimum Gasteiger partial charge on any atom is -0.331 e. The van der Waals surface area contributed by atoms with Crippen molar-refractivity contribution in [1.29, 1.82) is 5.41 Å². The van der Waals surface area contributed by atoms with Gasteiger partial charge < -0.3 is 10.7 Å². The molecule has 2 N–H and O–H groups in total. The largest absolute Gasteiger partial charge is 0.416 e. The number of hydrogen-bond donors (Lipinski definition) is 2. The minimum absolute atomic E-state index is 0.0210.